The summed E-state index contributed by atoms with van der Waals surface area (Å²) in [5.41, 5.74) is 4.44. The second kappa shape index (κ2) is 4.98. The molecule has 0 N–H and O–H groups in total. The van der Waals surface area contributed by atoms with Gasteiger partial charge in [0.25, 0.3) is 0 Å². The largest absolute Gasteiger partial charge is 0.347 e. The lowest BCUT2D eigenvalue weighted by molar-refractivity contribution is 0.591. The maximum atomic E-state index is 9.48. The zero-order chi connectivity index (χ0) is 15.1. The van der Waals surface area contributed by atoms with Gasteiger partial charge in [-0.15, -0.1) is 0 Å². The lowest BCUT2D eigenvalue weighted by Crippen LogP contribution is -2.11. The van der Waals surface area contributed by atoms with Gasteiger partial charge in [0.2, 0.25) is 0 Å². The molecule has 2 nitrogen and oxygen atoms in total. The molecule has 0 amide bonds. The van der Waals surface area contributed by atoms with Crippen LogP contribution in [0.25, 0.3) is 10.9 Å². The highest BCUT2D eigenvalue weighted by Crippen LogP contribution is 2.31. The van der Waals surface area contributed by atoms with E-state index in [0.717, 1.165) is 17.5 Å². The molecule has 0 unspecified atom stereocenters. The van der Waals surface area contributed by atoms with Crippen LogP contribution in [0.4, 0.5) is 0 Å². The van der Waals surface area contributed by atoms with E-state index in [9.17, 15) is 5.26 Å². The van der Waals surface area contributed by atoms with Crippen LogP contribution in [0.15, 0.2) is 18.2 Å². The predicted octanol–water partition coefficient (Wildman–Crippen LogP) is 4.55. The molecular formula is C18H24N2. The summed E-state index contributed by atoms with van der Waals surface area (Å²) in [7, 11) is 2.07. The minimum Gasteiger partial charge on any atom is -0.347 e. The van der Waals surface area contributed by atoms with Gasteiger partial charge in [0, 0.05) is 18.1 Å². The van der Waals surface area contributed by atoms with E-state index in [2.05, 4.69) is 64.4 Å². The van der Waals surface area contributed by atoms with Gasteiger partial charge in [-0.3, -0.25) is 0 Å². The second-order valence-electron chi connectivity index (χ2n) is 7.12. The van der Waals surface area contributed by atoms with Crippen LogP contribution >= 0.6 is 0 Å². The van der Waals surface area contributed by atoms with Gasteiger partial charge in [0.05, 0.1) is 11.1 Å². The molecule has 1 aromatic carbocycles. The van der Waals surface area contributed by atoms with Crippen molar-refractivity contribution in [2.75, 3.05) is 0 Å². The van der Waals surface area contributed by atoms with E-state index in [1.54, 1.807) is 0 Å². The first kappa shape index (κ1) is 14.7. The summed E-state index contributed by atoms with van der Waals surface area (Å²) in [6.07, 6.45) is 1.04. The zero-order valence-electron chi connectivity index (χ0n) is 13.4. The van der Waals surface area contributed by atoms with Gasteiger partial charge >= 0.3 is 0 Å². The average molecular weight is 268 g/mol. The third kappa shape index (κ3) is 2.58. The highest BCUT2D eigenvalue weighted by atomic mass is 14.9. The Kier molecular flexibility index (Phi) is 3.65. The van der Waals surface area contributed by atoms with Crippen molar-refractivity contribution in [3.63, 3.8) is 0 Å². The molecule has 0 spiro atoms. The van der Waals surface area contributed by atoms with Crippen LogP contribution in [-0.4, -0.2) is 4.57 Å². The number of hydrogen-bond acceptors (Lipinski definition) is 1. The van der Waals surface area contributed by atoms with Crippen molar-refractivity contribution in [2.45, 2.75) is 46.5 Å². The average Bonchev–Trinajstić information content (AvgIpc) is 2.63. The third-order valence-electron chi connectivity index (χ3n) is 3.83. The highest BCUT2D eigenvalue weighted by Gasteiger charge is 2.18. The molecule has 1 aromatic heterocycles. The summed E-state index contributed by atoms with van der Waals surface area (Å²) in [6, 6.07) is 8.89. The van der Waals surface area contributed by atoms with E-state index < -0.39 is 0 Å². The number of nitriles is 1. The van der Waals surface area contributed by atoms with Crippen molar-refractivity contribution in [1.29, 1.82) is 5.26 Å². The normalized spacial score (nSPS) is 12.1. The lowest BCUT2D eigenvalue weighted by Gasteiger charge is -2.19. The molecule has 0 bridgehead atoms. The van der Waals surface area contributed by atoms with E-state index in [4.69, 9.17) is 0 Å². The van der Waals surface area contributed by atoms with Crippen molar-refractivity contribution >= 4 is 10.9 Å². The molecule has 0 aliphatic heterocycles. The molecule has 1 heterocycles. The number of nitrogens with zero attached hydrogens (tertiary/aromatic N) is 2. The van der Waals surface area contributed by atoms with Crippen molar-refractivity contribution in [3.8, 4) is 6.07 Å². The third-order valence-corrected chi connectivity index (χ3v) is 3.83. The summed E-state index contributed by atoms with van der Waals surface area (Å²) in [5.74, 6) is 0.616. The highest BCUT2D eigenvalue weighted by molar-refractivity contribution is 5.87. The lowest BCUT2D eigenvalue weighted by atomic mass is 9.85. The Morgan fingerprint density at radius 1 is 1.20 bits per heavy atom. The Bertz CT molecular complexity index is 676. The predicted molar refractivity (Wildman–Crippen MR) is 84.9 cm³/mol. The summed E-state index contributed by atoms with van der Waals surface area (Å²) in [6.45, 7) is 11.0. The Morgan fingerprint density at radius 3 is 2.35 bits per heavy atom. The Labute approximate surface area is 122 Å². The van der Waals surface area contributed by atoms with Crippen LogP contribution in [0.1, 0.15) is 51.4 Å². The van der Waals surface area contributed by atoms with Crippen LogP contribution in [0.2, 0.25) is 0 Å². The minimum absolute atomic E-state index is 0.0633. The Hall–Kier alpha value is -1.75. The Balaban J connectivity index is 2.72. The fourth-order valence-corrected chi connectivity index (χ4v) is 2.69. The second-order valence-corrected chi connectivity index (χ2v) is 7.12. The first-order valence-corrected chi connectivity index (χ1v) is 7.27. The van der Waals surface area contributed by atoms with Gasteiger partial charge in [-0.1, -0.05) is 34.6 Å². The molecule has 2 heteroatoms. The van der Waals surface area contributed by atoms with Crippen LogP contribution in [0.3, 0.4) is 0 Å². The molecule has 0 aliphatic carbocycles. The number of hydrogen-bond donors (Lipinski definition) is 0. The molecule has 0 atom stereocenters. The van der Waals surface area contributed by atoms with Gasteiger partial charge in [0.15, 0.2) is 0 Å². The van der Waals surface area contributed by atoms with E-state index in [0.29, 0.717) is 5.92 Å². The summed E-state index contributed by atoms with van der Waals surface area (Å²) in [5, 5.41) is 10.7. The molecule has 2 aromatic rings. The molecule has 0 fully saturated rings. The molecule has 106 valence electrons. The van der Waals surface area contributed by atoms with Crippen LogP contribution in [-0.2, 0) is 18.9 Å². The van der Waals surface area contributed by atoms with Crippen molar-refractivity contribution in [3.05, 3.63) is 35.0 Å². The molecule has 0 saturated heterocycles. The molecule has 0 saturated carbocycles. The minimum atomic E-state index is 0.0633. The first-order chi connectivity index (χ1) is 9.24. The van der Waals surface area contributed by atoms with Gasteiger partial charge < -0.3 is 4.57 Å². The van der Waals surface area contributed by atoms with E-state index in [1.165, 1.54) is 16.6 Å². The summed E-state index contributed by atoms with van der Waals surface area (Å²) >= 11 is 0. The van der Waals surface area contributed by atoms with E-state index in [1.807, 2.05) is 6.07 Å². The molecule has 2 rings (SSSR count). The molecular weight excluding hydrogens is 244 g/mol. The van der Waals surface area contributed by atoms with Crippen molar-refractivity contribution < 1.29 is 0 Å². The maximum absolute atomic E-state index is 9.48. The Morgan fingerprint density at radius 2 is 1.85 bits per heavy atom. The van der Waals surface area contributed by atoms with E-state index >= 15 is 0 Å². The number of aryl methyl sites for hydroxylation is 1. The first-order valence-electron chi connectivity index (χ1n) is 7.27. The number of aromatic nitrogens is 1. The fraction of sp³-hybridized carbons (Fsp3) is 0.500. The quantitative estimate of drug-likeness (QED) is 0.785. The fourth-order valence-electron chi connectivity index (χ4n) is 2.69. The SMILES string of the molecule is CC(C)Cc1cc2cc(C(C)(C)C)cc(C#N)c2n1C. The summed E-state index contributed by atoms with van der Waals surface area (Å²) in [4.78, 5) is 0. The topological polar surface area (TPSA) is 28.7 Å². The molecule has 0 radical (unpaired) electrons. The van der Waals surface area contributed by atoms with Gasteiger partial charge in [-0.05, 0) is 41.5 Å². The molecule has 0 aliphatic rings. The van der Waals surface area contributed by atoms with Gasteiger partial charge in [-0.2, -0.15) is 5.26 Å². The maximum Gasteiger partial charge on any atom is 0.101 e. The standard InChI is InChI=1S/C18H24N2/c1-12(2)7-16-10-13-8-15(18(3,4)5)9-14(11-19)17(13)20(16)6/h8-10,12H,7H2,1-6H3. The number of fused-ring (bicyclic) bond motifs is 1. The van der Waals surface area contributed by atoms with Gasteiger partial charge in [-0.25, -0.2) is 0 Å². The monoisotopic (exact) mass is 268 g/mol. The summed E-state index contributed by atoms with van der Waals surface area (Å²) < 4.78 is 2.18. The zero-order valence-corrected chi connectivity index (χ0v) is 13.4. The van der Waals surface area contributed by atoms with Gasteiger partial charge in [0.1, 0.15) is 6.07 Å². The van der Waals surface area contributed by atoms with Crippen molar-refractivity contribution in [1.82, 2.24) is 4.57 Å². The number of rotatable bonds is 2. The number of benzene rings is 1. The van der Waals surface area contributed by atoms with Crippen molar-refractivity contribution in [2.24, 2.45) is 13.0 Å². The smallest absolute Gasteiger partial charge is 0.101 e. The van der Waals surface area contributed by atoms with Crippen LogP contribution in [0, 0.1) is 17.2 Å². The van der Waals surface area contributed by atoms with E-state index in [-0.39, 0.29) is 5.41 Å². The van der Waals surface area contributed by atoms with Crippen LogP contribution < -0.4 is 0 Å². The molecule has 20 heavy (non-hydrogen) atoms. The van der Waals surface area contributed by atoms with Crippen LogP contribution in [0.5, 0.6) is 0 Å².